The minimum Gasteiger partial charge on any atom is -0.458 e. The summed E-state index contributed by atoms with van der Waals surface area (Å²) in [7, 11) is 6.35. The highest BCUT2D eigenvalue weighted by Crippen LogP contribution is 2.71. The van der Waals surface area contributed by atoms with Crippen molar-refractivity contribution >= 4 is 12.0 Å². The molecular weight excluding hydrogens is 1150 g/mol. The third kappa shape index (κ3) is 12.5. The molecule has 0 aromatic heterocycles. The Morgan fingerprint density at radius 3 is 1.61 bits per heavy atom. The Balaban J connectivity index is 0.723. The van der Waals surface area contributed by atoms with Crippen molar-refractivity contribution < 1.29 is 117 Å². The smallest absolute Gasteiger partial charge is 0.331 e. The fraction of sp³-hybridized carbons (Fsp3) is 0.828. The first-order chi connectivity index (χ1) is 41.8. The van der Waals surface area contributed by atoms with Crippen LogP contribution in [0.2, 0.25) is 0 Å². The lowest BCUT2D eigenvalue weighted by molar-refractivity contribution is -0.359. The van der Waals surface area contributed by atoms with Crippen LogP contribution in [0.4, 0.5) is 0 Å². The number of benzene rings is 1. The first-order valence-corrected chi connectivity index (χ1v) is 31.6. The van der Waals surface area contributed by atoms with E-state index in [2.05, 4.69) is 6.92 Å². The Labute approximate surface area is 515 Å². The van der Waals surface area contributed by atoms with Crippen LogP contribution >= 0.6 is 0 Å². The summed E-state index contributed by atoms with van der Waals surface area (Å²) in [5, 5.41) is 90.5. The Hall–Kier alpha value is -2.71. The largest absolute Gasteiger partial charge is 0.458 e. The van der Waals surface area contributed by atoms with Crippen molar-refractivity contribution in [1.29, 1.82) is 0 Å². The molecule has 3 saturated carbocycles. The van der Waals surface area contributed by atoms with Crippen LogP contribution in [-0.2, 0) is 75.8 Å². The third-order valence-electron chi connectivity index (χ3n) is 21.9. The number of fused-ring (bicyclic) bond motifs is 5. The van der Waals surface area contributed by atoms with Gasteiger partial charge in [0.2, 0.25) is 0 Å². The summed E-state index contributed by atoms with van der Waals surface area (Å²) in [6.07, 6.45) is -11.1. The summed E-state index contributed by atoms with van der Waals surface area (Å²) in [5.74, 6) is -1.23. The van der Waals surface area contributed by atoms with Gasteiger partial charge in [0.25, 0.3) is 0 Å². The summed E-state index contributed by atoms with van der Waals surface area (Å²) < 4.78 is 94.4. The monoisotopic (exact) mass is 1250 g/mol. The van der Waals surface area contributed by atoms with Gasteiger partial charge in [-0.15, -0.1) is 0 Å². The summed E-state index contributed by atoms with van der Waals surface area (Å²) in [5.41, 5.74) is -5.91. The minimum atomic E-state index is -1.93. The Morgan fingerprint density at radius 2 is 1.14 bits per heavy atom. The molecule has 1 aromatic rings. The Morgan fingerprint density at radius 1 is 0.648 bits per heavy atom. The molecule has 1 aromatic carbocycles. The highest BCUT2D eigenvalue weighted by atomic mass is 16.8. The van der Waals surface area contributed by atoms with Crippen molar-refractivity contribution in [2.24, 2.45) is 16.7 Å². The molecule has 0 bridgehead atoms. The van der Waals surface area contributed by atoms with E-state index in [0.29, 0.717) is 38.5 Å². The highest BCUT2D eigenvalue weighted by Gasteiger charge is 2.81. The molecule has 498 valence electrons. The maximum atomic E-state index is 13.7. The van der Waals surface area contributed by atoms with E-state index in [9.17, 15) is 45.6 Å². The molecule has 30 unspecified atom stereocenters. The maximum absolute atomic E-state index is 13.7. The lowest BCUT2D eigenvalue weighted by Gasteiger charge is -2.67. The van der Waals surface area contributed by atoms with E-state index in [1.807, 2.05) is 57.2 Å². The highest BCUT2D eigenvalue weighted by molar-refractivity contribution is 5.87. The van der Waals surface area contributed by atoms with Crippen molar-refractivity contribution in [2.45, 2.75) is 283 Å². The quantitative estimate of drug-likeness (QED) is 0.0561. The van der Waals surface area contributed by atoms with E-state index in [4.69, 9.17) is 71.1 Å². The summed E-state index contributed by atoms with van der Waals surface area (Å²) in [6.45, 7) is 12.1. The number of aliphatic hydroxyl groups is 8. The number of esters is 1. The molecule has 9 aliphatic rings. The number of methoxy groups -OCH3 is 4. The van der Waals surface area contributed by atoms with E-state index >= 15 is 0 Å². The van der Waals surface area contributed by atoms with Gasteiger partial charge in [-0.05, 0) is 96.6 Å². The van der Waals surface area contributed by atoms with Crippen LogP contribution < -0.4 is 0 Å². The second-order valence-electron chi connectivity index (χ2n) is 26.6. The van der Waals surface area contributed by atoms with Crippen molar-refractivity contribution in [2.75, 3.05) is 35.0 Å². The molecule has 24 nitrogen and oxygen atoms in total. The standard InChI is InChI=1S/C64H98O24/c1-32-55(85-49-27-41(75-9)56(33(2)79-49)86-50-28-42(76-10)57(34(3)80-50)87-51-29-43(77-11)58(35(4)81-51)88-59-54(70)53(69)52(68)44(31-65)83-59)40(74-8)26-48(78-32)82-39-20-21-60(6)38(25-39)19-22-63(72)45(60)30-46(84-47(67)18-17-37-15-13-12-14-16-37)61(7)62(71,36(5)66)23-24-64(61,63)73/h12-19,32-36,39-46,48-59,65-66,68-73H,20-31H2,1-11H3. The Bertz CT molecular complexity index is 2540. The second kappa shape index (κ2) is 27.3. The van der Waals surface area contributed by atoms with Gasteiger partial charge in [-0.25, -0.2) is 4.79 Å². The first kappa shape index (κ1) is 68.2. The van der Waals surface area contributed by atoms with E-state index in [-0.39, 0.29) is 38.2 Å². The normalized spacial score (nSPS) is 49.3. The molecule has 30 atom stereocenters. The second-order valence-corrected chi connectivity index (χ2v) is 26.6. The predicted octanol–water partition coefficient (Wildman–Crippen LogP) is 2.85. The molecule has 0 radical (unpaired) electrons. The summed E-state index contributed by atoms with van der Waals surface area (Å²) in [4.78, 5) is 13.7. The number of hydrogen-bond donors (Lipinski definition) is 8. The molecule has 8 fully saturated rings. The molecule has 0 spiro atoms. The number of ether oxygens (including phenoxy) is 15. The SMILES string of the molecule is COC1CC(OC2CCC3(C)C(=CCC4(O)C3CC(OC(=O)C=Cc3ccccc3)C3(C)C(O)(C(C)O)CCC43O)C2)OC(C)C1OC1CC(OC)C(OC2CC(OC)C(OC3CC(OC)C(OC4OC(CO)C(O)C(O)C4O)C(C)O3)C(C)O2)C(C)O1. The van der Waals surface area contributed by atoms with Crippen molar-refractivity contribution in [1.82, 2.24) is 0 Å². The number of hydrogen-bond acceptors (Lipinski definition) is 24. The molecule has 10 rings (SSSR count). The Kier molecular flexibility index (Phi) is 21.2. The van der Waals surface area contributed by atoms with Gasteiger partial charge in [0.05, 0.1) is 73.1 Å². The zero-order chi connectivity index (χ0) is 63.4. The lowest BCUT2D eigenvalue weighted by atomic mass is 9.42. The van der Waals surface area contributed by atoms with Gasteiger partial charge in [-0.3, -0.25) is 0 Å². The molecular formula is C64H98O24. The topological polar surface area (TPSA) is 317 Å². The van der Waals surface area contributed by atoms with Gasteiger partial charge in [0.15, 0.2) is 31.5 Å². The molecule has 0 amide bonds. The number of rotatable bonds is 19. The van der Waals surface area contributed by atoms with Crippen molar-refractivity contribution in [3.05, 3.63) is 53.6 Å². The average Bonchev–Trinajstić information content (AvgIpc) is 1.35. The van der Waals surface area contributed by atoms with Gasteiger partial charge in [-0.2, -0.15) is 0 Å². The van der Waals surface area contributed by atoms with E-state index < -0.39 is 187 Å². The van der Waals surface area contributed by atoms with Crippen LogP contribution in [0, 0.1) is 16.7 Å². The molecule has 4 aliphatic carbocycles. The fourth-order valence-corrected chi connectivity index (χ4v) is 16.7. The van der Waals surface area contributed by atoms with Gasteiger partial charge >= 0.3 is 5.97 Å². The zero-order valence-corrected chi connectivity index (χ0v) is 52.6. The van der Waals surface area contributed by atoms with Crippen LogP contribution in [0.3, 0.4) is 0 Å². The number of aliphatic hydroxyl groups excluding tert-OH is 5. The van der Waals surface area contributed by atoms with Crippen LogP contribution in [0.1, 0.15) is 125 Å². The van der Waals surface area contributed by atoms with Crippen LogP contribution in [0.5, 0.6) is 0 Å². The molecule has 5 aliphatic heterocycles. The number of carbonyl (C=O) groups excluding carboxylic acids is 1. The van der Waals surface area contributed by atoms with E-state index in [1.54, 1.807) is 41.3 Å². The van der Waals surface area contributed by atoms with Gasteiger partial charge in [-0.1, -0.05) is 55.8 Å². The third-order valence-corrected chi connectivity index (χ3v) is 21.9. The van der Waals surface area contributed by atoms with Crippen molar-refractivity contribution in [3.63, 3.8) is 0 Å². The van der Waals surface area contributed by atoms with Crippen LogP contribution in [-0.4, -0.2) is 246 Å². The minimum absolute atomic E-state index is 0.000258. The average molecular weight is 1250 g/mol. The first-order valence-electron chi connectivity index (χ1n) is 31.6. The molecule has 88 heavy (non-hydrogen) atoms. The lowest BCUT2D eigenvalue weighted by Crippen LogP contribution is -2.78. The van der Waals surface area contributed by atoms with Gasteiger partial charge in [0, 0.05) is 66.1 Å². The number of carbonyl (C=O) groups is 1. The van der Waals surface area contributed by atoms with Crippen LogP contribution in [0.15, 0.2) is 48.1 Å². The summed E-state index contributed by atoms with van der Waals surface area (Å²) >= 11 is 0. The van der Waals surface area contributed by atoms with E-state index in [0.717, 1.165) is 11.1 Å². The molecule has 5 heterocycles. The fourth-order valence-electron chi connectivity index (χ4n) is 16.7. The van der Waals surface area contributed by atoms with Gasteiger partial charge in [0.1, 0.15) is 71.7 Å². The van der Waals surface area contributed by atoms with Gasteiger partial charge < -0.3 is 112 Å². The van der Waals surface area contributed by atoms with Crippen LogP contribution in [0.25, 0.3) is 6.08 Å². The molecule has 24 heteroatoms. The van der Waals surface area contributed by atoms with Crippen molar-refractivity contribution in [3.8, 4) is 0 Å². The maximum Gasteiger partial charge on any atom is 0.331 e. The molecule has 5 saturated heterocycles. The van der Waals surface area contributed by atoms with E-state index in [1.165, 1.54) is 20.1 Å². The zero-order valence-electron chi connectivity index (χ0n) is 52.6. The predicted molar refractivity (Wildman–Crippen MR) is 309 cm³/mol. The molecule has 8 N–H and O–H groups in total. The summed E-state index contributed by atoms with van der Waals surface area (Å²) in [6, 6.07) is 9.32.